The van der Waals surface area contributed by atoms with Crippen LogP contribution in [-0.2, 0) is 11.2 Å². The molecule has 0 saturated heterocycles. The van der Waals surface area contributed by atoms with Gasteiger partial charge in [0, 0.05) is 21.5 Å². The number of thiophene rings is 1. The van der Waals surface area contributed by atoms with Crippen molar-refractivity contribution < 1.29 is 9.53 Å². The van der Waals surface area contributed by atoms with Crippen molar-refractivity contribution in [3.05, 3.63) is 50.6 Å². The fourth-order valence-electron chi connectivity index (χ4n) is 1.45. The number of ether oxygens (including phenoxy) is 1. The third-order valence-electron chi connectivity index (χ3n) is 2.39. The van der Waals surface area contributed by atoms with Gasteiger partial charge >= 0.3 is 5.97 Å². The van der Waals surface area contributed by atoms with E-state index in [1.165, 1.54) is 4.88 Å². The molecule has 0 radical (unpaired) electrons. The predicted molar refractivity (Wildman–Crippen MR) is 76.9 cm³/mol. The summed E-state index contributed by atoms with van der Waals surface area (Å²) in [6.45, 7) is 0.384. The van der Waals surface area contributed by atoms with E-state index in [2.05, 4.69) is 15.9 Å². The third-order valence-corrected chi connectivity index (χ3v) is 4.05. The van der Waals surface area contributed by atoms with Crippen molar-refractivity contribution in [1.82, 2.24) is 0 Å². The van der Waals surface area contributed by atoms with Gasteiger partial charge in [0.1, 0.15) is 0 Å². The molecule has 0 atom stereocenters. The van der Waals surface area contributed by atoms with Crippen molar-refractivity contribution in [1.29, 1.82) is 0 Å². The maximum Gasteiger partial charge on any atom is 0.338 e. The second kappa shape index (κ2) is 6.02. The zero-order valence-electron chi connectivity index (χ0n) is 9.56. The molecule has 0 aliphatic carbocycles. The lowest BCUT2D eigenvalue weighted by molar-refractivity contribution is 0.0510. The number of hydrogen-bond acceptors (Lipinski definition) is 4. The summed E-state index contributed by atoms with van der Waals surface area (Å²) >= 11 is 4.94. The molecule has 0 unspecified atom stereocenters. The van der Waals surface area contributed by atoms with Crippen LogP contribution >= 0.6 is 27.3 Å². The van der Waals surface area contributed by atoms with Crippen LogP contribution in [0.25, 0.3) is 0 Å². The number of rotatable bonds is 4. The predicted octanol–water partition coefficient (Wildman–Crippen LogP) is 3.49. The molecule has 0 spiro atoms. The van der Waals surface area contributed by atoms with E-state index in [-0.39, 0.29) is 5.97 Å². The maximum atomic E-state index is 11.7. The van der Waals surface area contributed by atoms with E-state index < -0.39 is 0 Å². The summed E-state index contributed by atoms with van der Waals surface area (Å²) in [5.41, 5.74) is 6.72. The summed E-state index contributed by atoms with van der Waals surface area (Å²) in [5.74, 6) is -0.342. The highest BCUT2D eigenvalue weighted by molar-refractivity contribution is 9.10. The Labute approximate surface area is 118 Å². The minimum absolute atomic E-state index is 0.342. The number of anilines is 1. The molecule has 94 valence electrons. The van der Waals surface area contributed by atoms with E-state index in [0.717, 1.165) is 10.9 Å². The molecule has 1 aromatic heterocycles. The SMILES string of the molecule is Nc1cc(C(=O)OCCc2cccs2)ccc1Br. The van der Waals surface area contributed by atoms with Crippen LogP contribution in [-0.4, -0.2) is 12.6 Å². The zero-order valence-corrected chi connectivity index (χ0v) is 12.0. The molecule has 3 nitrogen and oxygen atoms in total. The van der Waals surface area contributed by atoms with Crippen LogP contribution in [0.5, 0.6) is 0 Å². The molecule has 0 aliphatic heterocycles. The fraction of sp³-hybridized carbons (Fsp3) is 0.154. The smallest absolute Gasteiger partial charge is 0.338 e. The Bertz CT molecular complexity index is 540. The maximum absolute atomic E-state index is 11.7. The van der Waals surface area contributed by atoms with Gasteiger partial charge in [-0.1, -0.05) is 6.07 Å². The van der Waals surface area contributed by atoms with E-state index in [0.29, 0.717) is 17.9 Å². The third kappa shape index (κ3) is 3.34. The lowest BCUT2D eigenvalue weighted by Gasteiger charge is -2.05. The van der Waals surface area contributed by atoms with Crippen LogP contribution in [0.2, 0.25) is 0 Å². The number of hydrogen-bond donors (Lipinski definition) is 1. The van der Waals surface area contributed by atoms with Gasteiger partial charge in [-0.05, 0) is 45.6 Å². The van der Waals surface area contributed by atoms with Crippen molar-refractivity contribution in [3.63, 3.8) is 0 Å². The normalized spacial score (nSPS) is 10.3. The molecule has 0 bridgehead atoms. The molecule has 2 rings (SSSR count). The number of carbonyl (C=O) groups excluding carboxylic acids is 1. The van der Waals surface area contributed by atoms with Gasteiger partial charge in [0.15, 0.2) is 0 Å². The zero-order chi connectivity index (χ0) is 13.0. The van der Waals surface area contributed by atoms with Crippen LogP contribution < -0.4 is 5.73 Å². The molecule has 5 heteroatoms. The first-order chi connectivity index (χ1) is 8.66. The first kappa shape index (κ1) is 13.1. The highest BCUT2D eigenvalue weighted by atomic mass is 79.9. The van der Waals surface area contributed by atoms with Crippen LogP contribution in [0.15, 0.2) is 40.2 Å². The minimum atomic E-state index is -0.342. The van der Waals surface area contributed by atoms with Gasteiger partial charge in [0.05, 0.1) is 12.2 Å². The molecule has 0 saturated carbocycles. The van der Waals surface area contributed by atoms with E-state index >= 15 is 0 Å². The molecule has 1 aromatic carbocycles. The number of benzene rings is 1. The Morgan fingerprint density at radius 1 is 1.39 bits per heavy atom. The molecule has 2 aromatic rings. The Kier molecular flexibility index (Phi) is 4.38. The highest BCUT2D eigenvalue weighted by Crippen LogP contribution is 2.20. The number of esters is 1. The van der Waals surface area contributed by atoms with Gasteiger partial charge in [-0.25, -0.2) is 4.79 Å². The number of nitrogen functional groups attached to an aromatic ring is 1. The molecular formula is C13H12BrNO2S. The topological polar surface area (TPSA) is 52.3 Å². The summed E-state index contributed by atoms with van der Waals surface area (Å²) in [6.07, 6.45) is 0.745. The average molecular weight is 326 g/mol. The van der Waals surface area contributed by atoms with Gasteiger partial charge in [0.2, 0.25) is 0 Å². The first-order valence-electron chi connectivity index (χ1n) is 5.41. The van der Waals surface area contributed by atoms with E-state index in [1.54, 1.807) is 29.5 Å². The summed E-state index contributed by atoms with van der Waals surface area (Å²) in [5, 5.41) is 2.01. The second-order valence-electron chi connectivity index (χ2n) is 3.70. The lowest BCUT2D eigenvalue weighted by Crippen LogP contribution is -2.08. The average Bonchev–Trinajstić information content (AvgIpc) is 2.85. The second-order valence-corrected chi connectivity index (χ2v) is 5.59. The first-order valence-corrected chi connectivity index (χ1v) is 7.08. The largest absolute Gasteiger partial charge is 0.462 e. The van der Waals surface area contributed by atoms with E-state index in [1.807, 2.05) is 17.5 Å². The number of nitrogens with two attached hydrogens (primary N) is 1. The van der Waals surface area contributed by atoms with Crippen LogP contribution in [0.1, 0.15) is 15.2 Å². The van der Waals surface area contributed by atoms with Crippen molar-refractivity contribution in [2.24, 2.45) is 0 Å². The molecule has 0 fully saturated rings. The Balaban J connectivity index is 1.89. The number of halogens is 1. The Morgan fingerprint density at radius 2 is 2.22 bits per heavy atom. The molecule has 1 heterocycles. The minimum Gasteiger partial charge on any atom is -0.462 e. The fourth-order valence-corrected chi connectivity index (χ4v) is 2.39. The molecule has 18 heavy (non-hydrogen) atoms. The van der Waals surface area contributed by atoms with Gasteiger partial charge in [0.25, 0.3) is 0 Å². The van der Waals surface area contributed by atoms with E-state index in [9.17, 15) is 4.79 Å². The van der Waals surface area contributed by atoms with Crippen molar-refractivity contribution >= 4 is 38.9 Å². The molecule has 0 amide bonds. The standard InChI is InChI=1S/C13H12BrNO2S/c14-11-4-3-9(8-12(11)15)13(16)17-6-5-10-2-1-7-18-10/h1-4,7-8H,5-6,15H2. The quantitative estimate of drug-likeness (QED) is 0.691. The number of carbonyl (C=O) groups is 1. The lowest BCUT2D eigenvalue weighted by atomic mass is 10.2. The van der Waals surface area contributed by atoms with Crippen molar-refractivity contribution in [2.45, 2.75) is 6.42 Å². The summed E-state index contributed by atoms with van der Waals surface area (Å²) in [6, 6.07) is 9.05. The van der Waals surface area contributed by atoms with Gasteiger partial charge in [-0.2, -0.15) is 0 Å². The van der Waals surface area contributed by atoms with Crippen molar-refractivity contribution in [3.8, 4) is 0 Å². The molecule has 0 aliphatic rings. The van der Waals surface area contributed by atoms with Gasteiger partial charge < -0.3 is 10.5 Å². The summed E-state index contributed by atoms with van der Waals surface area (Å²) in [4.78, 5) is 13.0. The van der Waals surface area contributed by atoms with E-state index in [4.69, 9.17) is 10.5 Å². The molecular weight excluding hydrogens is 314 g/mol. The summed E-state index contributed by atoms with van der Waals surface area (Å²) in [7, 11) is 0. The summed E-state index contributed by atoms with van der Waals surface area (Å²) < 4.78 is 5.97. The van der Waals surface area contributed by atoms with Crippen LogP contribution in [0.3, 0.4) is 0 Å². The monoisotopic (exact) mass is 325 g/mol. The van der Waals surface area contributed by atoms with Gasteiger partial charge in [-0.3, -0.25) is 0 Å². The highest BCUT2D eigenvalue weighted by Gasteiger charge is 2.08. The Hall–Kier alpha value is -1.33. The Morgan fingerprint density at radius 3 is 2.89 bits per heavy atom. The van der Waals surface area contributed by atoms with Gasteiger partial charge in [-0.15, -0.1) is 11.3 Å². The van der Waals surface area contributed by atoms with Crippen molar-refractivity contribution in [2.75, 3.05) is 12.3 Å². The molecule has 2 N–H and O–H groups in total. The van der Waals surface area contributed by atoms with Crippen LogP contribution in [0, 0.1) is 0 Å². The van der Waals surface area contributed by atoms with Crippen LogP contribution in [0.4, 0.5) is 5.69 Å².